The van der Waals surface area contributed by atoms with Crippen molar-refractivity contribution in [3.63, 3.8) is 0 Å². The fourth-order valence-corrected chi connectivity index (χ4v) is 2.29. The summed E-state index contributed by atoms with van der Waals surface area (Å²) in [5.41, 5.74) is 1.27. The maximum atomic E-state index is 12.5. The number of hydrogen-bond acceptors (Lipinski definition) is 5. The largest absolute Gasteiger partial charge is 0.346 e. The Kier molecular flexibility index (Phi) is 4.09. The predicted octanol–water partition coefficient (Wildman–Crippen LogP) is 1.14. The van der Waals surface area contributed by atoms with Crippen molar-refractivity contribution in [1.82, 2.24) is 24.8 Å². The summed E-state index contributed by atoms with van der Waals surface area (Å²) in [6.45, 7) is 2.52. The van der Waals surface area contributed by atoms with Crippen molar-refractivity contribution >= 4 is 17.1 Å². The summed E-state index contributed by atoms with van der Waals surface area (Å²) in [7, 11) is 0. The van der Waals surface area contributed by atoms with E-state index in [0.29, 0.717) is 17.7 Å². The van der Waals surface area contributed by atoms with Crippen LogP contribution in [0.4, 0.5) is 0 Å². The van der Waals surface area contributed by atoms with Crippen molar-refractivity contribution in [2.24, 2.45) is 0 Å². The average Bonchev–Trinajstić information content (AvgIpc) is 2.60. The summed E-state index contributed by atoms with van der Waals surface area (Å²) < 4.78 is 1.45. The van der Waals surface area contributed by atoms with Crippen molar-refractivity contribution in [2.45, 2.75) is 20.0 Å². The number of hydrogen-bond donors (Lipinski definition) is 1. The molecular weight excluding hydrogens is 294 g/mol. The zero-order valence-electron chi connectivity index (χ0n) is 12.6. The van der Waals surface area contributed by atoms with Crippen molar-refractivity contribution in [3.8, 4) is 0 Å². The van der Waals surface area contributed by atoms with E-state index in [1.165, 1.54) is 4.57 Å². The molecule has 0 aliphatic heterocycles. The molecule has 0 bridgehead atoms. The Hall–Kier alpha value is -3.09. The minimum Gasteiger partial charge on any atom is -0.346 e. The second-order valence-electron chi connectivity index (χ2n) is 4.90. The van der Waals surface area contributed by atoms with Gasteiger partial charge in [-0.2, -0.15) is 0 Å². The molecular formula is C16H15N5O2. The Morgan fingerprint density at radius 3 is 2.83 bits per heavy atom. The van der Waals surface area contributed by atoms with Crippen LogP contribution in [0.25, 0.3) is 11.2 Å². The summed E-state index contributed by atoms with van der Waals surface area (Å²) >= 11 is 0. The lowest BCUT2D eigenvalue weighted by Crippen LogP contribution is -2.34. The third-order valence-electron chi connectivity index (χ3n) is 3.41. The monoisotopic (exact) mass is 309 g/mol. The van der Waals surface area contributed by atoms with Gasteiger partial charge >= 0.3 is 0 Å². The molecule has 3 aromatic rings. The van der Waals surface area contributed by atoms with Crippen LogP contribution in [0.1, 0.15) is 23.0 Å². The lowest BCUT2D eigenvalue weighted by Gasteiger charge is -2.09. The number of nitrogens with one attached hydrogen (secondary N) is 1. The average molecular weight is 309 g/mol. The molecule has 7 nitrogen and oxygen atoms in total. The number of fused-ring (bicyclic) bond motifs is 1. The standard InChI is InChI=1S/C16H15N5O2/c1-2-21-14-12(6-4-8-18-14)20-13(16(21)23)15(22)19-10-11-5-3-7-17-9-11/h3-9H,2,10H2,1H3,(H,19,22). The molecule has 0 radical (unpaired) electrons. The summed E-state index contributed by atoms with van der Waals surface area (Å²) in [5, 5.41) is 2.70. The van der Waals surface area contributed by atoms with Crippen LogP contribution in [0.3, 0.4) is 0 Å². The van der Waals surface area contributed by atoms with Crippen LogP contribution < -0.4 is 10.9 Å². The van der Waals surface area contributed by atoms with E-state index < -0.39 is 11.5 Å². The molecule has 0 saturated heterocycles. The molecule has 0 aromatic carbocycles. The number of aromatic nitrogens is 4. The van der Waals surface area contributed by atoms with Gasteiger partial charge in [0.1, 0.15) is 5.52 Å². The highest BCUT2D eigenvalue weighted by Gasteiger charge is 2.17. The maximum absolute atomic E-state index is 12.5. The lowest BCUT2D eigenvalue weighted by molar-refractivity contribution is 0.0944. The van der Waals surface area contributed by atoms with E-state index in [4.69, 9.17) is 0 Å². The van der Waals surface area contributed by atoms with Crippen LogP contribution >= 0.6 is 0 Å². The summed E-state index contributed by atoms with van der Waals surface area (Å²) in [6.07, 6.45) is 4.91. The van der Waals surface area contributed by atoms with Crippen LogP contribution in [-0.2, 0) is 13.1 Å². The second-order valence-corrected chi connectivity index (χ2v) is 4.90. The normalized spacial score (nSPS) is 10.7. The number of aryl methyl sites for hydroxylation is 1. The van der Waals surface area contributed by atoms with Crippen LogP contribution in [-0.4, -0.2) is 25.4 Å². The van der Waals surface area contributed by atoms with E-state index in [2.05, 4.69) is 20.3 Å². The van der Waals surface area contributed by atoms with Crippen molar-refractivity contribution in [3.05, 3.63) is 64.5 Å². The number of carbonyl (C=O) groups is 1. The Bertz CT molecular complexity index is 905. The zero-order chi connectivity index (χ0) is 16.2. The fourth-order valence-electron chi connectivity index (χ4n) is 2.29. The van der Waals surface area contributed by atoms with Crippen molar-refractivity contribution in [1.29, 1.82) is 0 Å². The lowest BCUT2D eigenvalue weighted by atomic mass is 10.3. The quantitative estimate of drug-likeness (QED) is 0.780. The van der Waals surface area contributed by atoms with Crippen LogP contribution in [0, 0.1) is 0 Å². The molecule has 3 aromatic heterocycles. The summed E-state index contributed by atoms with van der Waals surface area (Å²) in [6, 6.07) is 7.07. The van der Waals surface area contributed by atoms with E-state index in [9.17, 15) is 9.59 Å². The Balaban J connectivity index is 1.94. The van der Waals surface area contributed by atoms with E-state index in [1.54, 1.807) is 36.8 Å². The van der Waals surface area contributed by atoms with Gasteiger partial charge < -0.3 is 5.32 Å². The molecule has 116 valence electrons. The molecule has 0 spiro atoms. The fraction of sp³-hybridized carbons (Fsp3) is 0.188. The molecule has 0 atom stereocenters. The van der Waals surface area contributed by atoms with Crippen molar-refractivity contribution < 1.29 is 4.79 Å². The van der Waals surface area contributed by atoms with Crippen LogP contribution in [0.15, 0.2) is 47.7 Å². The minimum atomic E-state index is -0.508. The van der Waals surface area contributed by atoms with Gasteiger partial charge in [-0.1, -0.05) is 6.07 Å². The first kappa shape index (κ1) is 14.8. The van der Waals surface area contributed by atoms with Crippen molar-refractivity contribution in [2.75, 3.05) is 0 Å². The van der Waals surface area contributed by atoms with Gasteiger partial charge in [0.05, 0.1) is 0 Å². The Morgan fingerprint density at radius 1 is 1.26 bits per heavy atom. The van der Waals surface area contributed by atoms with Crippen LogP contribution in [0.2, 0.25) is 0 Å². The topological polar surface area (TPSA) is 89.8 Å². The highest BCUT2D eigenvalue weighted by atomic mass is 16.2. The second kappa shape index (κ2) is 6.35. The molecule has 0 aliphatic carbocycles. The van der Waals surface area contributed by atoms with Gasteiger partial charge in [0.2, 0.25) is 0 Å². The van der Waals surface area contributed by atoms with E-state index in [-0.39, 0.29) is 12.2 Å². The van der Waals surface area contributed by atoms with Gasteiger partial charge in [-0.25, -0.2) is 9.97 Å². The number of rotatable bonds is 4. The first-order valence-electron chi connectivity index (χ1n) is 7.23. The molecule has 3 heterocycles. The van der Waals surface area contributed by atoms with E-state index in [0.717, 1.165) is 5.56 Å². The van der Waals surface area contributed by atoms with Gasteiger partial charge in [0.15, 0.2) is 11.3 Å². The van der Waals surface area contributed by atoms with Gasteiger partial charge in [0, 0.05) is 31.7 Å². The molecule has 23 heavy (non-hydrogen) atoms. The van der Waals surface area contributed by atoms with Crippen LogP contribution in [0.5, 0.6) is 0 Å². The summed E-state index contributed by atoms with van der Waals surface area (Å²) in [5.74, 6) is -0.508. The molecule has 0 saturated carbocycles. The van der Waals surface area contributed by atoms with E-state index in [1.807, 2.05) is 13.0 Å². The predicted molar refractivity (Wildman–Crippen MR) is 84.9 cm³/mol. The van der Waals surface area contributed by atoms with Gasteiger partial charge in [-0.3, -0.25) is 19.1 Å². The first-order valence-corrected chi connectivity index (χ1v) is 7.23. The SMILES string of the molecule is CCn1c(=O)c(C(=O)NCc2cccnc2)nc2cccnc21. The zero-order valence-corrected chi connectivity index (χ0v) is 12.6. The number of carbonyl (C=O) groups excluding carboxylic acids is 1. The number of pyridine rings is 2. The maximum Gasteiger partial charge on any atom is 0.283 e. The van der Waals surface area contributed by atoms with Gasteiger partial charge in [0.25, 0.3) is 11.5 Å². The molecule has 0 fully saturated rings. The number of amides is 1. The highest BCUT2D eigenvalue weighted by Crippen LogP contribution is 2.07. The third kappa shape index (κ3) is 2.94. The first-order chi connectivity index (χ1) is 11.2. The molecule has 1 amide bonds. The summed E-state index contributed by atoms with van der Waals surface area (Å²) in [4.78, 5) is 37.1. The molecule has 7 heteroatoms. The molecule has 0 unspecified atom stereocenters. The number of nitrogens with zero attached hydrogens (tertiary/aromatic N) is 4. The highest BCUT2D eigenvalue weighted by molar-refractivity contribution is 5.93. The van der Waals surface area contributed by atoms with E-state index >= 15 is 0 Å². The Labute approximate surface area is 132 Å². The third-order valence-corrected chi connectivity index (χ3v) is 3.41. The Morgan fingerprint density at radius 2 is 2.09 bits per heavy atom. The molecule has 1 N–H and O–H groups in total. The van der Waals surface area contributed by atoms with Gasteiger partial charge in [-0.15, -0.1) is 0 Å². The molecule has 3 rings (SSSR count). The van der Waals surface area contributed by atoms with Gasteiger partial charge in [-0.05, 0) is 30.7 Å². The molecule has 0 aliphatic rings. The minimum absolute atomic E-state index is 0.128. The smallest absolute Gasteiger partial charge is 0.283 e.